The topological polar surface area (TPSA) is 27.7 Å². The lowest BCUT2D eigenvalue weighted by atomic mass is 10.2. The van der Waals surface area contributed by atoms with Gasteiger partial charge in [-0.3, -0.25) is 0 Å². The van der Waals surface area contributed by atoms with Crippen molar-refractivity contribution in [1.82, 2.24) is 0 Å². The summed E-state index contributed by atoms with van der Waals surface area (Å²) in [5.74, 6) is 1.56. The van der Waals surface area contributed by atoms with Crippen molar-refractivity contribution in [3.05, 3.63) is 22.7 Å². The molecule has 0 amide bonds. The number of halogens is 1. The van der Waals surface area contributed by atoms with Crippen molar-refractivity contribution in [2.24, 2.45) is 0 Å². The Hall–Kier alpha value is -0.740. The number of methoxy groups -OCH3 is 1. The minimum absolute atomic E-state index is 0.111. The number of hydrogen-bond acceptors (Lipinski definition) is 3. The average molecular weight is 287 g/mol. The zero-order chi connectivity index (χ0) is 11.4. The Morgan fingerprint density at radius 2 is 2.25 bits per heavy atom. The third kappa shape index (κ3) is 2.89. The monoisotopic (exact) mass is 286 g/mol. The Balaban J connectivity index is 2.03. The second-order valence-corrected chi connectivity index (χ2v) is 4.56. The van der Waals surface area contributed by atoms with Crippen LogP contribution < -0.4 is 9.47 Å². The molecule has 0 spiro atoms. The zero-order valence-corrected chi connectivity index (χ0v) is 10.8. The molecule has 1 heterocycles. The highest BCUT2D eigenvalue weighted by Gasteiger charge is 2.15. The van der Waals surface area contributed by atoms with Gasteiger partial charge >= 0.3 is 0 Å². The fourth-order valence-corrected chi connectivity index (χ4v) is 2.08. The highest BCUT2D eigenvalue weighted by atomic mass is 79.9. The standard InChI is InChI=1S/C12H15BrO3/c1-14-11-8-9(5-6-10(11)13)16-12-4-2-3-7-15-12/h5-6,8,12H,2-4,7H2,1H3. The molecule has 88 valence electrons. The van der Waals surface area contributed by atoms with Crippen molar-refractivity contribution >= 4 is 15.9 Å². The van der Waals surface area contributed by atoms with Crippen molar-refractivity contribution < 1.29 is 14.2 Å². The SMILES string of the molecule is COc1cc(OC2CCCCO2)ccc1Br. The summed E-state index contributed by atoms with van der Waals surface area (Å²) in [6.07, 6.45) is 3.14. The van der Waals surface area contributed by atoms with E-state index in [1.165, 1.54) is 6.42 Å². The first kappa shape index (κ1) is 11.7. The average Bonchev–Trinajstić information content (AvgIpc) is 2.33. The normalized spacial score (nSPS) is 20.5. The lowest BCUT2D eigenvalue weighted by Gasteiger charge is -2.23. The van der Waals surface area contributed by atoms with Crippen LogP contribution in [0.2, 0.25) is 0 Å². The summed E-state index contributed by atoms with van der Waals surface area (Å²) >= 11 is 3.40. The number of hydrogen-bond donors (Lipinski definition) is 0. The molecule has 1 aliphatic heterocycles. The number of rotatable bonds is 3. The molecule has 3 nitrogen and oxygen atoms in total. The number of ether oxygens (including phenoxy) is 3. The van der Waals surface area contributed by atoms with E-state index in [0.29, 0.717) is 0 Å². The van der Waals surface area contributed by atoms with Gasteiger partial charge in [-0.25, -0.2) is 0 Å². The van der Waals surface area contributed by atoms with Gasteiger partial charge in [0, 0.05) is 12.5 Å². The first-order valence-corrected chi connectivity index (χ1v) is 6.20. The van der Waals surface area contributed by atoms with E-state index in [9.17, 15) is 0 Å². The molecule has 1 fully saturated rings. The van der Waals surface area contributed by atoms with Crippen LogP contribution in [-0.2, 0) is 4.74 Å². The summed E-state index contributed by atoms with van der Waals surface area (Å²) in [7, 11) is 1.64. The molecule has 1 saturated heterocycles. The Labute approximate surface area is 104 Å². The fraction of sp³-hybridized carbons (Fsp3) is 0.500. The molecule has 4 heteroatoms. The van der Waals surface area contributed by atoms with E-state index in [2.05, 4.69) is 15.9 Å². The van der Waals surface area contributed by atoms with Crippen LogP contribution in [0.1, 0.15) is 19.3 Å². The fourth-order valence-electron chi connectivity index (χ4n) is 1.67. The Morgan fingerprint density at radius 3 is 2.94 bits per heavy atom. The summed E-state index contributed by atoms with van der Waals surface area (Å²) in [6.45, 7) is 0.790. The molecule has 1 unspecified atom stereocenters. The second kappa shape index (κ2) is 5.55. The van der Waals surface area contributed by atoms with Gasteiger partial charge in [-0.2, -0.15) is 0 Å². The van der Waals surface area contributed by atoms with Gasteiger partial charge in [0.1, 0.15) is 11.5 Å². The van der Waals surface area contributed by atoms with Crippen LogP contribution in [0, 0.1) is 0 Å². The summed E-state index contributed by atoms with van der Waals surface area (Å²) in [6, 6.07) is 5.68. The highest BCUT2D eigenvalue weighted by molar-refractivity contribution is 9.10. The Morgan fingerprint density at radius 1 is 1.38 bits per heavy atom. The maximum Gasteiger partial charge on any atom is 0.199 e. The zero-order valence-electron chi connectivity index (χ0n) is 9.24. The molecule has 2 rings (SSSR count). The third-order valence-corrected chi connectivity index (χ3v) is 3.18. The van der Waals surface area contributed by atoms with Crippen molar-refractivity contribution in [2.45, 2.75) is 25.6 Å². The van der Waals surface area contributed by atoms with Crippen LogP contribution in [-0.4, -0.2) is 20.0 Å². The van der Waals surface area contributed by atoms with E-state index < -0.39 is 0 Å². The maximum atomic E-state index is 5.73. The minimum Gasteiger partial charge on any atom is -0.495 e. The summed E-state index contributed by atoms with van der Waals surface area (Å²) in [5, 5.41) is 0. The predicted octanol–water partition coefficient (Wildman–Crippen LogP) is 3.36. The van der Waals surface area contributed by atoms with E-state index in [1.807, 2.05) is 18.2 Å². The van der Waals surface area contributed by atoms with Gasteiger partial charge in [-0.1, -0.05) is 0 Å². The molecule has 1 aromatic rings. The number of benzene rings is 1. The van der Waals surface area contributed by atoms with Crippen LogP contribution in [0.15, 0.2) is 22.7 Å². The molecule has 1 aromatic carbocycles. The molecule has 0 aromatic heterocycles. The molecular weight excluding hydrogens is 272 g/mol. The van der Waals surface area contributed by atoms with Crippen molar-refractivity contribution in [3.8, 4) is 11.5 Å². The third-order valence-electron chi connectivity index (χ3n) is 2.53. The molecule has 1 atom stereocenters. The molecule has 0 radical (unpaired) electrons. The first-order valence-electron chi connectivity index (χ1n) is 5.41. The minimum atomic E-state index is -0.111. The van der Waals surface area contributed by atoms with E-state index in [1.54, 1.807) is 7.11 Å². The molecule has 0 aliphatic carbocycles. The van der Waals surface area contributed by atoms with Gasteiger partial charge in [0.25, 0.3) is 0 Å². The summed E-state index contributed by atoms with van der Waals surface area (Å²) < 4.78 is 17.4. The Kier molecular flexibility index (Phi) is 4.07. The van der Waals surface area contributed by atoms with Crippen molar-refractivity contribution in [2.75, 3.05) is 13.7 Å². The maximum absolute atomic E-state index is 5.73. The van der Waals surface area contributed by atoms with Crippen molar-refractivity contribution in [3.63, 3.8) is 0 Å². The van der Waals surface area contributed by atoms with Crippen molar-refractivity contribution in [1.29, 1.82) is 0 Å². The van der Waals surface area contributed by atoms with Gasteiger partial charge in [-0.05, 0) is 40.9 Å². The van der Waals surface area contributed by atoms with E-state index in [-0.39, 0.29) is 6.29 Å². The first-order chi connectivity index (χ1) is 7.79. The molecule has 16 heavy (non-hydrogen) atoms. The lowest BCUT2D eigenvalue weighted by molar-refractivity contribution is -0.105. The van der Waals surface area contributed by atoms with Crippen LogP contribution in [0.5, 0.6) is 11.5 Å². The van der Waals surface area contributed by atoms with Gasteiger partial charge < -0.3 is 14.2 Å². The van der Waals surface area contributed by atoms with Gasteiger partial charge in [-0.15, -0.1) is 0 Å². The molecule has 0 N–H and O–H groups in total. The quantitative estimate of drug-likeness (QED) is 0.853. The smallest absolute Gasteiger partial charge is 0.199 e. The van der Waals surface area contributed by atoms with Crippen LogP contribution in [0.3, 0.4) is 0 Å². The molecule has 0 bridgehead atoms. The van der Waals surface area contributed by atoms with E-state index in [0.717, 1.165) is 35.4 Å². The van der Waals surface area contributed by atoms with E-state index >= 15 is 0 Å². The van der Waals surface area contributed by atoms with Crippen LogP contribution in [0.4, 0.5) is 0 Å². The Bertz CT molecular complexity index is 348. The van der Waals surface area contributed by atoms with Gasteiger partial charge in [0.05, 0.1) is 18.2 Å². The van der Waals surface area contributed by atoms with Gasteiger partial charge in [0.2, 0.25) is 0 Å². The van der Waals surface area contributed by atoms with Gasteiger partial charge in [0.15, 0.2) is 6.29 Å². The summed E-state index contributed by atoms with van der Waals surface area (Å²) in [4.78, 5) is 0. The van der Waals surface area contributed by atoms with Crippen LogP contribution >= 0.6 is 15.9 Å². The molecule has 0 saturated carbocycles. The predicted molar refractivity (Wildman–Crippen MR) is 64.9 cm³/mol. The second-order valence-electron chi connectivity index (χ2n) is 3.71. The van der Waals surface area contributed by atoms with Crippen LogP contribution in [0.25, 0.3) is 0 Å². The summed E-state index contributed by atoms with van der Waals surface area (Å²) in [5.41, 5.74) is 0. The molecular formula is C12H15BrO3. The van der Waals surface area contributed by atoms with E-state index in [4.69, 9.17) is 14.2 Å². The molecule has 1 aliphatic rings. The highest BCUT2D eigenvalue weighted by Crippen LogP contribution is 2.30. The lowest BCUT2D eigenvalue weighted by Crippen LogP contribution is -2.24. The largest absolute Gasteiger partial charge is 0.495 e.